The number of fused-ring (bicyclic) bond motifs is 1. The highest BCUT2D eigenvalue weighted by molar-refractivity contribution is 5.96. The molecule has 0 saturated carbocycles. The fourth-order valence-corrected chi connectivity index (χ4v) is 3.59. The Hall–Kier alpha value is -3.74. The van der Waals surface area contributed by atoms with Gasteiger partial charge in [-0.05, 0) is 23.3 Å². The van der Waals surface area contributed by atoms with Crippen LogP contribution in [0.1, 0.15) is 36.8 Å². The Morgan fingerprint density at radius 1 is 1.10 bits per heavy atom. The smallest absolute Gasteiger partial charge is 0.274 e. The quantitative estimate of drug-likeness (QED) is 0.546. The molecule has 3 aromatic rings. The number of carbonyl (C=O) groups excluding carboxylic acids is 2. The molecule has 0 bridgehead atoms. The lowest BCUT2D eigenvalue weighted by atomic mass is 10.1. The van der Waals surface area contributed by atoms with Crippen molar-refractivity contribution in [1.29, 1.82) is 0 Å². The van der Waals surface area contributed by atoms with Gasteiger partial charge in [0.2, 0.25) is 5.43 Å². The number of nitrogens with zero attached hydrogens (tertiary/aromatic N) is 2. The Labute approximate surface area is 181 Å². The van der Waals surface area contributed by atoms with Crippen molar-refractivity contribution >= 4 is 12.2 Å². The predicted octanol–water partition coefficient (Wildman–Crippen LogP) is 3.35. The second kappa shape index (κ2) is 8.95. The van der Waals surface area contributed by atoms with Gasteiger partial charge >= 0.3 is 0 Å². The summed E-state index contributed by atoms with van der Waals surface area (Å²) in [6.07, 6.45) is -1.22. The second-order valence-electron chi connectivity index (χ2n) is 7.20. The summed E-state index contributed by atoms with van der Waals surface area (Å²) in [6.45, 7) is 0.101. The third-order valence-corrected chi connectivity index (χ3v) is 5.11. The molecule has 0 fully saturated rings. The number of aromatic nitrogens is 1. The zero-order valence-corrected chi connectivity index (χ0v) is 16.5. The number of aldehydes is 1. The summed E-state index contributed by atoms with van der Waals surface area (Å²) in [6, 6.07) is 15.1. The molecule has 1 amide bonds. The fraction of sp³-hybridized carbons (Fsp3) is 0.208. The van der Waals surface area contributed by atoms with Gasteiger partial charge in [-0.2, -0.15) is 0 Å². The predicted molar refractivity (Wildman–Crippen MR) is 112 cm³/mol. The highest BCUT2D eigenvalue weighted by Crippen LogP contribution is 2.29. The lowest BCUT2D eigenvalue weighted by Crippen LogP contribution is -2.44. The van der Waals surface area contributed by atoms with Crippen LogP contribution in [0, 0.1) is 5.82 Å². The van der Waals surface area contributed by atoms with Gasteiger partial charge in [0.1, 0.15) is 20.1 Å². The molecule has 2 unspecified atom stereocenters. The Morgan fingerprint density at radius 2 is 1.84 bits per heavy atom. The van der Waals surface area contributed by atoms with Gasteiger partial charge in [-0.25, -0.2) is 4.39 Å². The third kappa shape index (κ3) is 4.40. The van der Waals surface area contributed by atoms with Gasteiger partial charge in [-0.15, -0.1) is 0 Å². The van der Waals surface area contributed by atoms with Crippen molar-refractivity contribution in [3.63, 3.8) is 0 Å². The standard InChI is InChI=1S/C24H21FN2O4/c25-19-8-6-17(7-9-19)14-26-15-20(11-13-28)27-12-10-21(29)23(22(27)24(26)30)31-16-18-4-2-1-3-5-18/h1-10,12-13,20H,11,14-16H2/i11T,13T. The van der Waals surface area contributed by atoms with Gasteiger partial charge in [-0.1, -0.05) is 42.5 Å². The molecule has 1 aliphatic rings. The highest BCUT2D eigenvalue weighted by atomic mass is 19.1. The maximum absolute atomic E-state index is 13.4. The SMILES string of the molecule is [3H]C(=O)C([3H])C1CN(Cc2ccc(F)cc2)C(=O)c2c(OCc3ccccc3)c(=O)ccn21. The largest absolute Gasteiger partial charge is 0.483 e. The first-order valence-electron chi connectivity index (χ1n) is 10.8. The van der Waals surface area contributed by atoms with Crippen LogP contribution in [0.2, 0.25) is 0 Å². The number of rotatable bonds is 7. The van der Waals surface area contributed by atoms with Gasteiger partial charge < -0.3 is 19.0 Å². The van der Waals surface area contributed by atoms with E-state index >= 15 is 0 Å². The summed E-state index contributed by atoms with van der Waals surface area (Å²) in [5.41, 5.74) is 0.852. The lowest BCUT2D eigenvalue weighted by molar-refractivity contribution is -0.108. The number of ether oxygens (including phenoxy) is 1. The first kappa shape index (κ1) is 18.1. The van der Waals surface area contributed by atoms with Crippen LogP contribution in [0.4, 0.5) is 4.39 Å². The van der Waals surface area contributed by atoms with Gasteiger partial charge in [0.15, 0.2) is 11.4 Å². The molecule has 0 radical (unpaired) electrons. The zero-order valence-electron chi connectivity index (χ0n) is 18.5. The summed E-state index contributed by atoms with van der Waals surface area (Å²) in [7, 11) is 0. The normalized spacial score (nSPS) is 17.4. The number of carbonyl (C=O) groups is 2. The van der Waals surface area contributed by atoms with E-state index in [-0.39, 0.29) is 31.1 Å². The molecule has 2 atom stereocenters. The summed E-state index contributed by atoms with van der Waals surface area (Å²) >= 11 is 0. The van der Waals surface area contributed by atoms with Crippen LogP contribution in [0.5, 0.6) is 5.75 Å². The molecule has 4 rings (SSSR count). The van der Waals surface area contributed by atoms with Crippen LogP contribution in [0.3, 0.4) is 0 Å². The van der Waals surface area contributed by atoms with Gasteiger partial charge in [0.05, 0.1) is 6.04 Å². The highest BCUT2D eigenvalue weighted by Gasteiger charge is 2.34. The van der Waals surface area contributed by atoms with E-state index in [1.165, 1.54) is 46.0 Å². The summed E-state index contributed by atoms with van der Waals surface area (Å²) in [5, 5.41) is 0. The lowest BCUT2D eigenvalue weighted by Gasteiger charge is -2.36. The van der Waals surface area contributed by atoms with Gasteiger partial charge in [0.25, 0.3) is 5.91 Å². The van der Waals surface area contributed by atoms with Crippen molar-refractivity contribution in [1.82, 2.24) is 9.47 Å². The summed E-state index contributed by atoms with van der Waals surface area (Å²) < 4.78 is 36.1. The van der Waals surface area contributed by atoms with E-state index in [1.54, 1.807) is 0 Å². The zero-order chi connectivity index (χ0) is 23.5. The molecule has 0 saturated heterocycles. The Balaban J connectivity index is 1.74. The van der Waals surface area contributed by atoms with Crippen molar-refractivity contribution in [2.45, 2.75) is 25.6 Å². The molecule has 6 nitrogen and oxygen atoms in total. The van der Waals surface area contributed by atoms with Gasteiger partial charge in [0, 0.05) is 33.1 Å². The van der Waals surface area contributed by atoms with Crippen molar-refractivity contribution in [2.75, 3.05) is 6.54 Å². The van der Waals surface area contributed by atoms with E-state index in [1.807, 2.05) is 30.3 Å². The molecular weight excluding hydrogens is 399 g/mol. The van der Waals surface area contributed by atoms with E-state index in [0.29, 0.717) is 5.56 Å². The van der Waals surface area contributed by atoms with Crippen LogP contribution in [0.15, 0.2) is 71.7 Å². The number of amides is 1. The number of hydrogen-bond donors (Lipinski definition) is 0. The van der Waals surface area contributed by atoms with E-state index in [4.69, 9.17) is 7.48 Å². The van der Waals surface area contributed by atoms with E-state index in [9.17, 15) is 18.8 Å². The van der Waals surface area contributed by atoms with Crippen molar-refractivity contribution in [3.05, 3.63) is 99.7 Å². The number of benzene rings is 2. The van der Waals surface area contributed by atoms with E-state index in [2.05, 4.69) is 0 Å². The first-order valence-corrected chi connectivity index (χ1v) is 9.73. The minimum atomic E-state index is -1.47. The first-order chi connectivity index (χ1) is 15.8. The number of hydrogen-bond acceptors (Lipinski definition) is 4. The molecule has 31 heavy (non-hydrogen) atoms. The molecule has 0 aliphatic carbocycles. The molecule has 1 aromatic heterocycles. The maximum atomic E-state index is 13.4. The average molecular weight is 424 g/mol. The van der Waals surface area contributed by atoms with Crippen LogP contribution in [-0.4, -0.2) is 28.2 Å². The molecule has 2 heterocycles. The van der Waals surface area contributed by atoms with Crippen LogP contribution < -0.4 is 10.2 Å². The van der Waals surface area contributed by atoms with E-state index < -0.39 is 35.9 Å². The monoisotopic (exact) mass is 424 g/mol. The summed E-state index contributed by atoms with van der Waals surface area (Å²) in [5.74, 6) is -1.10. The molecule has 7 heteroatoms. The fourth-order valence-electron chi connectivity index (χ4n) is 3.59. The minimum Gasteiger partial charge on any atom is -0.483 e. The number of halogens is 1. The van der Waals surface area contributed by atoms with Crippen LogP contribution in [0.25, 0.3) is 0 Å². The Morgan fingerprint density at radius 3 is 2.55 bits per heavy atom. The Kier molecular flexibility index (Phi) is 5.22. The molecular formula is C24H21FN2O4. The molecule has 0 N–H and O–H groups in total. The topological polar surface area (TPSA) is 68.6 Å². The molecule has 158 valence electrons. The van der Waals surface area contributed by atoms with Crippen molar-refractivity contribution in [3.8, 4) is 5.75 Å². The van der Waals surface area contributed by atoms with Crippen LogP contribution in [-0.2, 0) is 17.9 Å². The third-order valence-electron chi connectivity index (χ3n) is 5.11. The summed E-state index contributed by atoms with van der Waals surface area (Å²) in [4.78, 5) is 39.2. The van der Waals surface area contributed by atoms with Crippen molar-refractivity contribution in [2.24, 2.45) is 0 Å². The number of pyridine rings is 1. The Bertz CT molecular complexity index is 1230. The van der Waals surface area contributed by atoms with Crippen LogP contribution >= 0.6 is 0 Å². The average Bonchev–Trinajstić information content (AvgIpc) is 2.81. The van der Waals surface area contributed by atoms with Gasteiger partial charge in [-0.3, -0.25) is 9.59 Å². The van der Waals surface area contributed by atoms with E-state index in [0.717, 1.165) is 5.56 Å². The molecule has 0 spiro atoms. The second-order valence-corrected chi connectivity index (χ2v) is 7.20. The molecule has 2 aromatic carbocycles. The minimum absolute atomic E-state index is 0.0248. The molecule has 1 aliphatic heterocycles. The maximum Gasteiger partial charge on any atom is 0.274 e. The van der Waals surface area contributed by atoms with Crippen molar-refractivity contribution < 1.29 is 21.5 Å².